The number of rotatable bonds is 2. The van der Waals surface area contributed by atoms with Gasteiger partial charge in [-0.3, -0.25) is 0 Å². The second-order valence-electron chi connectivity index (χ2n) is 3.32. The zero-order valence-corrected chi connectivity index (χ0v) is 9.19. The van der Waals surface area contributed by atoms with E-state index in [0.29, 0.717) is 17.1 Å². The van der Waals surface area contributed by atoms with Gasteiger partial charge in [0.1, 0.15) is 0 Å². The molecule has 0 aromatic heterocycles. The molecule has 1 aliphatic rings. The molecule has 16 heavy (non-hydrogen) atoms. The lowest BCUT2D eigenvalue weighted by atomic mass is 10.1. The van der Waals surface area contributed by atoms with Crippen LogP contribution in [0, 0.1) is 0 Å². The van der Waals surface area contributed by atoms with Crippen LogP contribution in [0.4, 0.5) is 13.2 Å². The Labute approximate surface area is 94.7 Å². The van der Waals surface area contributed by atoms with Crippen molar-refractivity contribution in [3.05, 3.63) is 23.8 Å². The van der Waals surface area contributed by atoms with Crippen molar-refractivity contribution >= 4 is 11.8 Å². The summed E-state index contributed by atoms with van der Waals surface area (Å²) in [6, 6.07) is 4.84. The van der Waals surface area contributed by atoms with Crippen molar-refractivity contribution in [2.75, 3.05) is 6.79 Å². The van der Waals surface area contributed by atoms with Gasteiger partial charge in [0.15, 0.2) is 11.5 Å². The predicted molar refractivity (Wildman–Crippen MR) is 54.6 cm³/mol. The van der Waals surface area contributed by atoms with Crippen molar-refractivity contribution < 1.29 is 22.6 Å². The van der Waals surface area contributed by atoms with Crippen molar-refractivity contribution in [3.63, 3.8) is 0 Å². The maximum atomic E-state index is 12.2. The number of thioether (sulfide) groups is 1. The average molecular weight is 250 g/mol. The lowest BCUT2D eigenvalue weighted by molar-refractivity contribution is -0.0333. The lowest BCUT2D eigenvalue weighted by Crippen LogP contribution is -2.03. The maximum Gasteiger partial charge on any atom is 0.442 e. The first-order valence-electron chi connectivity index (χ1n) is 4.60. The van der Waals surface area contributed by atoms with Crippen LogP contribution in [0.15, 0.2) is 18.2 Å². The molecular weight excluding hydrogens is 241 g/mol. The standard InChI is InChI=1S/C10H9F3O2S/c1-6(16-10(11,12)13)7-2-3-8-9(4-7)15-5-14-8/h2-4,6H,5H2,1H3/t6-/m0/s1. The van der Waals surface area contributed by atoms with Gasteiger partial charge in [-0.15, -0.1) is 0 Å². The summed E-state index contributed by atoms with van der Waals surface area (Å²) < 4.78 is 46.7. The van der Waals surface area contributed by atoms with Gasteiger partial charge in [-0.2, -0.15) is 13.2 Å². The molecule has 2 rings (SSSR count). The molecule has 0 N–H and O–H groups in total. The first kappa shape index (κ1) is 11.4. The van der Waals surface area contributed by atoms with Gasteiger partial charge in [0, 0.05) is 5.25 Å². The molecule has 88 valence electrons. The molecule has 0 saturated heterocycles. The van der Waals surface area contributed by atoms with Gasteiger partial charge in [0.25, 0.3) is 0 Å². The van der Waals surface area contributed by atoms with Crippen LogP contribution in [0.2, 0.25) is 0 Å². The van der Waals surface area contributed by atoms with E-state index in [1.165, 1.54) is 6.92 Å². The number of hydrogen-bond acceptors (Lipinski definition) is 3. The van der Waals surface area contributed by atoms with Crippen LogP contribution in [0.25, 0.3) is 0 Å². The summed E-state index contributed by atoms with van der Waals surface area (Å²) in [5, 5.41) is -0.658. The molecule has 0 amide bonds. The van der Waals surface area contributed by atoms with Gasteiger partial charge in [-0.05, 0) is 36.4 Å². The Hall–Kier alpha value is -1.04. The van der Waals surface area contributed by atoms with Crippen LogP contribution in [-0.2, 0) is 0 Å². The van der Waals surface area contributed by atoms with Crippen molar-refractivity contribution in [2.24, 2.45) is 0 Å². The Morgan fingerprint density at radius 2 is 1.94 bits per heavy atom. The molecular formula is C10H9F3O2S. The molecule has 0 radical (unpaired) electrons. The van der Waals surface area contributed by atoms with E-state index in [1.54, 1.807) is 18.2 Å². The highest BCUT2D eigenvalue weighted by Crippen LogP contribution is 2.44. The Morgan fingerprint density at radius 1 is 1.25 bits per heavy atom. The largest absolute Gasteiger partial charge is 0.454 e. The SMILES string of the molecule is C[C@H](SC(F)(F)F)c1ccc2c(c1)OCO2. The van der Waals surface area contributed by atoms with Crippen molar-refractivity contribution in [2.45, 2.75) is 17.7 Å². The molecule has 0 bridgehead atoms. The van der Waals surface area contributed by atoms with Gasteiger partial charge in [0.05, 0.1) is 0 Å². The quantitative estimate of drug-likeness (QED) is 0.796. The molecule has 2 nitrogen and oxygen atoms in total. The third-order valence-corrected chi connectivity index (χ3v) is 3.07. The Balaban J connectivity index is 2.15. The Morgan fingerprint density at radius 3 is 2.62 bits per heavy atom. The highest BCUT2D eigenvalue weighted by atomic mass is 32.2. The molecule has 0 spiro atoms. The highest BCUT2D eigenvalue weighted by molar-refractivity contribution is 8.00. The minimum absolute atomic E-state index is 0.0411. The fourth-order valence-corrected chi connectivity index (χ4v) is 2.12. The fraction of sp³-hybridized carbons (Fsp3) is 0.400. The van der Waals surface area contributed by atoms with Crippen LogP contribution in [-0.4, -0.2) is 12.3 Å². The maximum absolute atomic E-state index is 12.2. The van der Waals surface area contributed by atoms with E-state index in [1.807, 2.05) is 0 Å². The molecule has 0 saturated carbocycles. The van der Waals surface area contributed by atoms with Gasteiger partial charge in [-0.25, -0.2) is 0 Å². The van der Waals surface area contributed by atoms with Gasteiger partial charge in [-0.1, -0.05) is 6.07 Å². The van der Waals surface area contributed by atoms with Crippen LogP contribution >= 0.6 is 11.8 Å². The predicted octanol–water partition coefficient (Wildman–Crippen LogP) is 3.73. The summed E-state index contributed by atoms with van der Waals surface area (Å²) in [4.78, 5) is 0. The number of alkyl halides is 3. The summed E-state index contributed by atoms with van der Waals surface area (Å²) in [5.41, 5.74) is -3.65. The topological polar surface area (TPSA) is 18.5 Å². The molecule has 6 heteroatoms. The second kappa shape index (κ2) is 4.08. The van der Waals surface area contributed by atoms with E-state index in [2.05, 4.69) is 0 Å². The number of halogens is 3. The Kier molecular flexibility index (Phi) is 2.92. The van der Waals surface area contributed by atoms with E-state index in [9.17, 15) is 13.2 Å². The third-order valence-electron chi connectivity index (χ3n) is 2.18. The van der Waals surface area contributed by atoms with Crippen LogP contribution < -0.4 is 9.47 Å². The van der Waals surface area contributed by atoms with Crippen LogP contribution in [0.3, 0.4) is 0 Å². The molecule has 1 atom stereocenters. The van der Waals surface area contributed by atoms with Crippen molar-refractivity contribution in [1.29, 1.82) is 0 Å². The van der Waals surface area contributed by atoms with E-state index in [-0.39, 0.29) is 18.6 Å². The molecule has 0 unspecified atom stereocenters. The summed E-state index contributed by atoms with van der Waals surface area (Å²) in [7, 11) is 0. The summed E-state index contributed by atoms with van der Waals surface area (Å²) in [5.74, 6) is 1.08. The van der Waals surface area contributed by atoms with E-state index in [4.69, 9.17) is 9.47 Å². The van der Waals surface area contributed by atoms with Gasteiger partial charge in [0.2, 0.25) is 6.79 Å². The van der Waals surface area contributed by atoms with Gasteiger partial charge < -0.3 is 9.47 Å². The zero-order valence-electron chi connectivity index (χ0n) is 8.38. The molecule has 1 heterocycles. The minimum atomic E-state index is -4.23. The van der Waals surface area contributed by atoms with E-state index < -0.39 is 10.8 Å². The number of hydrogen-bond donors (Lipinski definition) is 0. The number of fused-ring (bicyclic) bond motifs is 1. The summed E-state index contributed by atoms with van der Waals surface area (Å²) >= 11 is -0.0411. The van der Waals surface area contributed by atoms with Crippen LogP contribution in [0.5, 0.6) is 11.5 Å². The fourth-order valence-electron chi connectivity index (χ4n) is 1.43. The number of benzene rings is 1. The summed E-state index contributed by atoms with van der Waals surface area (Å²) in [6.07, 6.45) is 0. The molecule has 0 fully saturated rings. The zero-order chi connectivity index (χ0) is 11.8. The van der Waals surface area contributed by atoms with Gasteiger partial charge >= 0.3 is 5.51 Å². The van der Waals surface area contributed by atoms with Crippen molar-refractivity contribution in [1.82, 2.24) is 0 Å². The average Bonchev–Trinajstić information content (AvgIpc) is 2.61. The van der Waals surface area contributed by atoms with Crippen molar-refractivity contribution in [3.8, 4) is 11.5 Å². The minimum Gasteiger partial charge on any atom is -0.454 e. The lowest BCUT2D eigenvalue weighted by Gasteiger charge is -2.13. The monoisotopic (exact) mass is 250 g/mol. The summed E-state index contributed by atoms with van der Waals surface area (Å²) in [6.45, 7) is 1.63. The molecule has 1 aliphatic heterocycles. The first-order valence-corrected chi connectivity index (χ1v) is 5.48. The second-order valence-corrected chi connectivity index (χ2v) is 4.72. The normalized spacial score (nSPS) is 16.2. The third kappa shape index (κ3) is 2.55. The van der Waals surface area contributed by atoms with E-state index >= 15 is 0 Å². The first-order chi connectivity index (χ1) is 7.46. The Bertz CT molecular complexity index is 392. The van der Waals surface area contributed by atoms with E-state index in [0.717, 1.165) is 0 Å². The molecule has 1 aromatic rings. The highest BCUT2D eigenvalue weighted by Gasteiger charge is 2.32. The molecule has 0 aliphatic carbocycles. The molecule has 1 aromatic carbocycles. The smallest absolute Gasteiger partial charge is 0.442 e. The number of ether oxygens (including phenoxy) is 2. The van der Waals surface area contributed by atoms with Crippen LogP contribution in [0.1, 0.15) is 17.7 Å².